The maximum Gasteiger partial charge on any atom is 0.289 e. The predicted octanol–water partition coefficient (Wildman–Crippen LogP) is 2.84. The normalized spacial score (nSPS) is 15.2. The van der Waals surface area contributed by atoms with E-state index in [9.17, 15) is 14.4 Å². The van der Waals surface area contributed by atoms with Crippen LogP contribution in [0.15, 0.2) is 76.0 Å². The van der Waals surface area contributed by atoms with Crippen molar-refractivity contribution in [2.24, 2.45) is 5.92 Å². The lowest BCUT2D eigenvalue weighted by atomic mass is 9.88. The number of hydrogen-bond donors (Lipinski definition) is 2. The Bertz CT molecular complexity index is 1020. The highest BCUT2D eigenvalue weighted by molar-refractivity contribution is 5.97. The third-order valence-corrected chi connectivity index (χ3v) is 5.65. The fourth-order valence-corrected chi connectivity index (χ4v) is 3.90. The van der Waals surface area contributed by atoms with Gasteiger partial charge < -0.3 is 24.4 Å². The molecule has 1 aliphatic heterocycles. The van der Waals surface area contributed by atoms with E-state index in [1.807, 2.05) is 6.07 Å². The topological polar surface area (TPSA) is 105 Å². The Kier molecular flexibility index (Phi) is 6.69. The quantitative estimate of drug-likeness (QED) is 0.594. The molecule has 0 aliphatic carbocycles. The van der Waals surface area contributed by atoms with Crippen LogP contribution in [-0.4, -0.2) is 41.8 Å². The largest absolute Gasteiger partial charge is 0.467 e. The van der Waals surface area contributed by atoms with E-state index in [4.69, 9.17) is 8.83 Å². The molecule has 4 rings (SSSR count). The fraction of sp³-hybridized carbons (Fsp3) is 0.292. The molecule has 1 unspecified atom stereocenters. The summed E-state index contributed by atoms with van der Waals surface area (Å²) in [6, 6.07) is 14.9. The zero-order valence-corrected chi connectivity index (χ0v) is 17.5. The molecule has 2 N–H and O–H groups in total. The Balaban J connectivity index is 1.42. The Hall–Kier alpha value is -3.81. The first-order valence-corrected chi connectivity index (χ1v) is 10.6. The molecule has 8 nitrogen and oxygen atoms in total. The number of hydrogen-bond acceptors (Lipinski definition) is 5. The molecule has 3 aromatic rings. The first-order valence-electron chi connectivity index (χ1n) is 10.6. The molecule has 1 aliphatic rings. The van der Waals surface area contributed by atoms with Gasteiger partial charge in [0.2, 0.25) is 5.91 Å². The average Bonchev–Trinajstić information content (AvgIpc) is 3.56. The second kappa shape index (κ2) is 10.00. The molecular weight excluding hydrogens is 410 g/mol. The van der Waals surface area contributed by atoms with Gasteiger partial charge in [-0.3, -0.25) is 14.4 Å². The fourth-order valence-electron chi connectivity index (χ4n) is 3.90. The average molecular weight is 435 g/mol. The number of benzene rings is 1. The van der Waals surface area contributed by atoms with Crippen LogP contribution < -0.4 is 10.6 Å². The van der Waals surface area contributed by atoms with E-state index in [0.29, 0.717) is 43.0 Å². The Morgan fingerprint density at radius 2 is 1.66 bits per heavy atom. The number of furan rings is 2. The van der Waals surface area contributed by atoms with Crippen molar-refractivity contribution in [1.29, 1.82) is 0 Å². The smallest absolute Gasteiger partial charge is 0.289 e. The summed E-state index contributed by atoms with van der Waals surface area (Å²) >= 11 is 0. The lowest BCUT2D eigenvalue weighted by molar-refractivity contribution is -0.124. The van der Waals surface area contributed by atoms with Crippen LogP contribution in [0.25, 0.3) is 0 Å². The van der Waals surface area contributed by atoms with Gasteiger partial charge in [0.05, 0.1) is 19.1 Å². The van der Waals surface area contributed by atoms with Gasteiger partial charge in [0, 0.05) is 18.7 Å². The summed E-state index contributed by atoms with van der Waals surface area (Å²) in [5.74, 6) is 0.0683. The van der Waals surface area contributed by atoms with Crippen molar-refractivity contribution in [3.05, 3.63) is 84.2 Å². The molecule has 0 radical (unpaired) electrons. The maximum atomic E-state index is 13.0. The van der Waals surface area contributed by atoms with Gasteiger partial charge in [-0.05, 0) is 55.2 Å². The molecule has 1 fully saturated rings. The van der Waals surface area contributed by atoms with Crippen molar-refractivity contribution in [2.45, 2.75) is 25.4 Å². The molecule has 32 heavy (non-hydrogen) atoms. The van der Waals surface area contributed by atoms with Gasteiger partial charge in [0.15, 0.2) is 5.76 Å². The lowest BCUT2D eigenvalue weighted by Crippen LogP contribution is -2.53. The number of piperidine rings is 1. The molecule has 0 bridgehead atoms. The highest BCUT2D eigenvalue weighted by Crippen LogP contribution is 2.23. The van der Waals surface area contributed by atoms with Crippen molar-refractivity contribution in [3.63, 3.8) is 0 Å². The number of nitrogens with one attached hydrogen (secondary N) is 2. The van der Waals surface area contributed by atoms with E-state index in [0.717, 1.165) is 0 Å². The van der Waals surface area contributed by atoms with E-state index < -0.39 is 6.04 Å². The van der Waals surface area contributed by atoms with Gasteiger partial charge >= 0.3 is 0 Å². The molecule has 1 aromatic carbocycles. The van der Waals surface area contributed by atoms with Crippen molar-refractivity contribution in [2.75, 3.05) is 13.1 Å². The number of carbonyl (C=O) groups is 3. The van der Waals surface area contributed by atoms with Gasteiger partial charge in [-0.25, -0.2) is 0 Å². The number of amides is 3. The van der Waals surface area contributed by atoms with E-state index in [1.54, 1.807) is 59.7 Å². The second-order valence-corrected chi connectivity index (χ2v) is 7.72. The van der Waals surface area contributed by atoms with E-state index in [2.05, 4.69) is 10.6 Å². The van der Waals surface area contributed by atoms with Crippen molar-refractivity contribution < 1.29 is 23.2 Å². The van der Waals surface area contributed by atoms with Crippen LogP contribution in [0.4, 0.5) is 0 Å². The van der Waals surface area contributed by atoms with Gasteiger partial charge in [0.1, 0.15) is 11.8 Å². The van der Waals surface area contributed by atoms with E-state index in [1.165, 1.54) is 6.26 Å². The van der Waals surface area contributed by atoms with Crippen LogP contribution >= 0.6 is 0 Å². The third-order valence-electron chi connectivity index (χ3n) is 5.65. The van der Waals surface area contributed by atoms with Crippen LogP contribution in [0.5, 0.6) is 0 Å². The minimum Gasteiger partial charge on any atom is -0.467 e. The first kappa shape index (κ1) is 21.4. The molecule has 1 atom stereocenters. The number of carbonyl (C=O) groups excluding carboxylic acids is 3. The van der Waals surface area contributed by atoms with Gasteiger partial charge in [0.25, 0.3) is 11.8 Å². The summed E-state index contributed by atoms with van der Waals surface area (Å²) in [5.41, 5.74) is 0.488. The zero-order chi connectivity index (χ0) is 22.3. The molecule has 8 heteroatoms. The molecule has 0 spiro atoms. The summed E-state index contributed by atoms with van der Waals surface area (Å²) in [6.45, 7) is 1.19. The maximum absolute atomic E-state index is 13.0. The Morgan fingerprint density at radius 1 is 0.938 bits per heavy atom. The highest BCUT2D eigenvalue weighted by Gasteiger charge is 2.34. The Labute approximate surface area is 185 Å². The van der Waals surface area contributed by atoms with Crippen LogP contribution in [0.1, 0.15) is 39.5 Å². The van der Waals surface area contributed by atoms with E-state index in [-0.39, 0.29) is 30.2 Å². The summed E-state index contributed by atoms with van der Waals surface area (Å²) in [4.78, 5) is 40.1. The van der Waals surface area contributed by atoms with Crippen molar-refractivity contribution >= 4 is 17.7 Å². The van der Waals surface area contributed by atoms with Crippen LogP contribution in [0.3, 0.4) is 0 Å². The molecule has 166 valence electrons. The Morgan fingerprint density at radius 3 is 2.31 bits per heavy atom. The molecule has 2 aromatic heterocycles. The summed E-state index contributed by atoms with van der Waals surface area (Å²) in [6.07, 6.45) is 4.18. The van der Waals surface area contributed by atoms with Gasteiger partial charge in [-0.15, -0.1) is 0 Å². The molecule has 1 saturated heterocycles. The summed E-state index contributed by atoms with van der Waals surface area (Å²) in [5, 5.41) is 5.75. The van der Waals surface area contributed by atoms with Crippen molar-refractivity contribution in [1.82, 2.24) is 15.5 Å². The standard InChI is InChI=1S/C24H25N3O5/c28-22(18-6-2-1-3-7-18)26-21(23(29)25-16-19-8-4-14-31-19)17-10-12-27(13-11-17)24(30)20-9-5-15-32-20/h1-9,14-15,17,21H,10-13,16H2,(H,25,29)(H,26,28). The minimum absolute atomic E-state index is 0.111. The van der Waals surface area contributed by atoms with Crippen LogP contribution in [0.2, 0.25) is 0 Å². The molecular formula is C24H25N3O5. The molecule has 3 amide bonds. The van der Waals surface area contributed by atoms with E-state index >= 15 is 0 Å². The van der Waals surface area contributed by atoms with Crippen molar-refractivity contribution in [3.8, 4) is 0 Å². The number of likely N-dealkylation sites (tertiary alicyclic amines) is 1. The third kappa shape index (κ3) is 5.08. The SMILES string of the molecule is O=C(NC(C(=O)NCc1ccco1)C1CCN(C(=O)c2ccco2)CC1)c1ccccc1. The predicted molar refractivity (Wildman–Crippen MR) is 116 cm³/mol. The number of nitrogens with zero attached hydrogens (tertiary/aromatic N) is 1. The monoisotopic (exact) mass is 435 g/mol. The lowest BCUT2D eigenvalue weighted by Gasteiger charge is -2.35. The first-order chi connectivity index (χ1) is 15.6. The number of rotatable bonds is 7. The van der Waals surface area contributed by atoms with Crippen LogP contribution in [0, 0.1) is 5.92 Å². The zero-order valence-electron chi connectivity index (χ0n) is 17.5. The summed E-state index contributed by atoms with van der Waals surface area (Å²) < 4.78 is 10.5. The van der Waals surface area contributed by atoms with Gasteiger partial charge in [-0.1, -0.05) is 18.2 Å². The minimum atomic E-state index is -0.724. The second-order valence-electron chi connectivity index (χ2n) is 7.72. The van der Waals surface area contributed by atoms with Crippen LogP contribution in [-0.2, 0) is 11.3 Å². The molecule has 0 saturated carbocycles. The molecule has 3 heterocycles. The highest BCUT2D eigenvalue weighted by atomic mass is 16.3. The summed E-state index contributed by atoms with van der Waals surface area (Å²) in [7, 11) is 0. The van der Waals surface area contributed by atoms with Gasteiger partial charge in [-0.2, -0.15) is 0 Å².